The fourth-order valence-electron chi connectivity index (χ4n) is 1.94. The maximum Gasteiger partial charge on any atom is 0.169 e. The van der Waals surface area contributed by atoms with Crippen molar-refractivity contribution in [3.05, 3.63) is 29.6 Å². The zero-order chi connectivity index (χ0) is 13.6. The van der Waals surface area contributed by atoms with E-state index in [1.165, 1.54) is 7.11 Å². The summed E-state index contributed by atoms with van der Waals surface area (Å²) in [5.41, 5.74) is -0.203. The van der Waals surface area contributed by atoms with Crippen molar-refractivity contribution < 1.29 is 14.2 Å². The Balaban J connectivity index is 2.54. The van der Waals surface area contributed by atoms with E-state index in [1.54, 1.807) is 25.1 Å². The second kappa shape index (κ2) is 6.71. The monoisotopic (exact) mass is 255 g/mol. The van der Waals surface area contributed by atoms with E-state index >= 15 is 0 Å². The van der Waals surface area contributed by atoms with E-state index in [-0.39, 0.29) is 11.6 Å². The molecule has 0 bridgehead atoms. The minimum Gasteiger partial charge on any atom is -0.494 e. The molecule has 0 aromatic heterocycles. The molecule has 0 saturated carbocycles. The summed E-state index contributed by atoms with van der Waals surface area (Å²) in [7, 11) is 1.45. The number of aliphatic hydroxyl groups is 1. The van der Waals surface area contributed by atoms with Gasteiger partial charge < -0.3 is 15.2 Å². The van der Waals surface area contributed by atoms with Crippen molar-refractivity contribution in [1.82, 2.24) is 5.32 Å². The van der Waals surface area contributed by atoms with E-state index in [0.29, 0.717) is 18.7 Å². The molecule has 0 fully saturated rings. The summed E-state index contributed by atoms with van der Waals surface area (Å²) in [6.07, 6.45) is 1.64. The highest BCUT2D eigenvalue weighted by atomic mass is 19.1. The van der Waals surface area contributed by atoms with E-state index in [9.17, 15) is 9.50 Å². The fourth-order valence-corrected chi connectivity index (χ4v) is 1.94. The Bertz CT molecular complexity index is 380. The molecule has 1 rings (SSSR count). The van der Waals surface area contributed by atoms with Crippen molar-refractivity contribution in [2.45, 2.75) is 38.8 Å². The summed E-state index contributed by atoms with van der Waals surface area (Å²) >= 11 is 0. The molecule has 4 heteroatoms. The molecule has 0 radical (unpaired) electrons. The molecule has 0 aliphatic rings. The summed E-state index contributed by atoms with van der Waals surface area (Å²) in [6.45, 7) is 4.63. The Morgan fingerprint density at radius 1 is 1.44 bits per heavy atom. The number of nitrogens with one attached hydrogen (secondary N) is 1. The molecule has 18 heavy (non-hydrogen) atoms. The molecule has 1 aromatic rings. The van der Waals surface area contributed by atoms with Gasteiger partial charge in [0.2, 0.25) is 0 Å². The van der Waals surface area contributed by atoms with Crippen LogP contribution in [-0.2, 0) is 6.54 Å². The first-order chi connectivity index (χ1) is 8.50. The van der Waals surface area contributed by atoms with Crippen molar-refractivity contribution in [2.75, 3.05) is 13.7 Å². The van der Waals surface area contributed by atoms with Crippen LogP contribution < -0.4 is 10.1 Å². The number of ether oxygens (including phenoxy) is 1. The normalized spacial score (nSPS) is 14.3. The topological polar surface area (TPSA) is 41.5 Å². The second-order valence-electron chi connectivity index (χ2n) is 4.78. The maximum atomic E-state index is 13.8. The predicted octanol–water partition coefficient (Wildman–Crippen LogP) is 2.48. The highest BCUT2D eigenvalue weighted by Crippen LogP contribution is 2.20. The van der Waals surface area contributed by atoms with Crippen molar-refractivity contribution in [3.8, 4) is 5.75 Å². The lowest BCUT2D eigenvalue weighted by atomic mass is 10.0. The number of rotatable bonds is 7. The van der Waals surface area contributed by atoms with Gasteiger partial charge in [0.1, 0.15) is 0 Å². The lowest BCUT2D eigenvalue weighted by molar-refractivity contribution is 0.0497. The molecule has 0 saturated heterocycles. The lowest BCUT2D eigenvalue weighted by Crippen LogP contribution is -2.37. The molecular formula is C14H22FNO2. The quantitative estimate of drug-likeness (QED) is 0.786. The van der Waals surface area contributed by atoms with Crippen molar-refractivity contribution in [2.24, 2.45) is 0 Å². The van der Waals surface area contributed by atoms with Gasteiger partial charge in [-0.3, -0.25) is 0 Å². The minimum atomic E-state index is -0.746. The van der Waals surface area contributed by atoms with Gasteiger partial charge in [-0.1, -0.05) is 25.5 Å². The SMILES string of the molecule is CCCC(C)(O)CNCc1cccc(OC)c1F. The highest BCUT2D eigenvalue weighted by molar-refractivity contribution is 5.30. The molecule has 1 aromatic carbocycles. The standard InChI is InChI=1S/C14H22FNO2/c1-4-8-14(2,17)10-16-9-11-6-5-7-12(18-3)13(11)15/h5-7,16-17H,4,8-10H2,1-3H3. The van der Waals surface area contributed by atoms with Crippen LogP contribution in [0.4, 0.5) is 4.39 Å². The van der Waals surface area contributed by atoms with Gasteiger partial charge in [0, 0.05) is 18.7 Å². The number of hydrogen-bond donors (Lipinski definition) is 2. The average molecular weight is 255 g/mol. The smallest absolute Gasteiger partial charge is 0.169 e. The maximum absolute atomic E-state index is 13.8. The molecule has 1 unspecified atom stereocenters. The summed E-state index contributed by atoms with van der Waals surface area (Å²) in [6, 6.07) is 5.05. The van der Waals surface area contributed by atoms with Crippen LogP contribution in [0.3, 0.4) is 0 Å². The Hall–Kier alpha value is -1.13. The van der Waals surface area contributed by atoms with E-state index < -0.39 is 5.60 Å². The zero-order valence-corrected chi connectivity index (χ0v) is 11.3. The summed E-state index contributed by atoms with van der Waals surface area (Å²) in [5, 5.41) is 13.1. The molecule has 2 N–H and O–H groups in total. The number of hydrogen-bond acceptors (Lipinski definition) is 3. The van der Waals surface area contributed by atoms with Crippen LogP contribution in [0.2, 0.25) is 0 Å². The Labute approximate surface area is 108 Å². The first-order valence-electron chi connectivity index (χ1n) is 6.24. The Morgan fingerprint density at radius 2 is 2.17 bits per heavy atom. The van der Waals surface area contributed by atoms with Crippen LogP contribution >= 0.6 is 0 Å². The second-order valence-corrected chi connectivity index (χ2v) is 4.78. The highest BCUT2D eigenvalue weighted by Gasteiger charge is 2.18. The van der Waals surface area contributed by atoms with Crippen molar-refractivity contribution >= 4 is 0 Å². The summed E-state index contributed by atoms with van der Waals surface area (Å²) < 4.78 is 18.7. The van der Waals surface area contributed by atoms with Crippen LogP contribution in [0.15, 0.2) is 18.2 Å². The summed E-state index contributed by atoms with van der Waals surface area (Å²) in [5.74, 6) is -0.0998. The van der Waals surface area contributed by atoms with Gasteiger partial charge in [-0.25, -0.2) is 4.39 Å². The molecule has 1 atom stereocenters. The molecule has 0 heterocycles. The molecule has 102 valence electrons. The van der Waals surface area contributed by atoms with Crippen molar-refractivity contribution in [3.63, 3.8) is 0 Å². The van der Waals surface area contributed by atoms with Gasteiger partial charge in [-0.15, -0.1) is 0 Å². The number of halogens is 1. The van der Waals surface area contributed by atoms with E-state index in [1.807, 2.05) is 6.92 Å². The van der Waals surface area contributed by atoms with Gasteiger partial charge in [0.25, 0.3) is 0 Å². The Morgan fingerprint density at radius 3 is 2.78 bits per heavy atom. The van der Waals surface area contributed by atoms with E-state index in [0.717, 1.165) is 12.8 Å². The van der Waals surface area contributed by atoms with E-state index in [4.69, 9.17) is 4.74 Å². The average Bonchev–Trinajstić information content (AvgIpc) is 2.31. The van der Waals surface area contributed by atoms with Gasteiger partial charge in [-0.05, 0) is 19.4 Å². The van der Waals surface area contributed by atoms with Crippen LogP contribution in [0.25, 0.3) is 0 Å². The summed E-state index contributed by atoms with van der Waals surface area (Å²) in [4.78, 5) is 0. The predicted molar refractivity (Wildman–Crippen MR) is 70.2 cm³/mol. The minimum absolute atomic E-state index is 0.245. The molecule has 0 amide bonds. The van der Waals surface area contributed by atoms with Gasteiger partial charge in [0.05, 0.1) is 12.7 Å². The molecule has 3 nitrogen and oxygen atoms in total. The molecule has 0 spiro atoms. The van der Waals surface area contributed by atoms with Crippen LogP contribution in [0.5, 0.6) is 5.75 Å². The van der Waals surface area contributed by atoms with Gasteiger partial charge in [-0.2, -0.15) is 0 Å². The Kier molecular flexibility index (Phi) is 5.56. The first kappa shape index (κ1) is 14.9. The fraction of sp³-hybridized carbons (Fsp3) is 0.571. The van der Waals surface area contributed by atoms with Crippen LogP contribution in [0, 0.1) is 5.82 Å². The van der Waals surface area contributed by atoms with Crippen LogP contribution in [0.1, 0.15) is 32.3 Å². The lowest BCUT2D eigenvalue weighted by Gasteiger charge is -2.23. The third-order valence-corrected chi connectivity index (χ3v) is 2.87. The third kappa shape index (κ3) is 4.27. The number of methoxy groups -OCH3 is 1. The number of benzene rings is 1. The van der Waals surface area contributed by atoms with Gasteiger partial charge >= 0.3 is 0 Å². The molecule has 0 aliphatic carbocycles. The van der Waals surface area contributed by atoms with E-state index in [2.05, 4.69) is 5.32 Å². The first-order valence-corrected chi connectivity index (χ1v) is 6.24. The zero-order valence-electron chi connectivity index (χ0n) is 11.3. The largest absolute Gasteiger partial charge is 0.494 e. The van der Waals surface area contributed by atoms with Crippen LogP contribution in [-0.4, -0.2) is 24.4 Å². The van der Waals surface area contributed by atoms with Gasteiger partial charge in [0.15, 0.2) is 11.6 Å². The van der Waals surface area contributed by atoms with Crippen molar-refractivity contribution in [1.29, 1.82) is 0 Å². The molecular weight excluding hydrogens is 233 g/mol. The molecule has 0 aliphatic heterocycles. The third-order valence-electron chi connectivity index (χ3n) is 2.87.